The Morgan fingerprint density at radius 2 is 1.19 bits per heavy atom. The van der Waals surface area contributed by atoms with Gasteiger partial charge in [-0.05, 0) is 11.6 Å². The second-order valence-electron chi connectivity index (χ2n) is 19.5. The zero-order valence-corrected chi connectivity index (χ0v) is 42.6. The molecule has 0 spiro atoms. The number of rotatable bonds is 8. The average Bonchev–Trinajstić information content (AvgIpc) is 4.07. The fraction of sp³-hybridized carbons (Fsp3) is 0.0769. The van der Waals surface area contributed by atoms with Crippen molar-refractivity contribution in [3.8, 4) is 67.5 Å². The molecule has 8 heteroatoms. The van der Waals surface area contributed by atoms with Crippen LogP contribution in [0.25, 0.3) is 66.9 Å². The number of benzene rings is 9. The molecule has 9 aromatic carbocycles. The Hall–Kier alpha value is -8.25. The van der Waals surface area contributed by atoms with Crippen molar-refractivity contribution >= 4 is 46.4 Å². The van der Waals surface area contributed by atoms with Gasteiger partial charge in [-0.2, -0.15) is 12.1 Å². The summed E-state index contributed by atoms with van der Waals surface area (Å²) in [6.45, 7) is 4.02. The third-order valence-electron chi connectivity index (χ3n) is 14.1. The van der Waals surface area contributed by atoms with E-state index in [-0.39, 0.29) is 23.8 Å². The van der Waals surface area contributed by atoms with E-state index in [9.17, 15) is 0 Å². The second-order valence-corrected chi connectivity index (χ2v) is 20.5. The molecule has 0 bridgehead atoms. The molecule has 0 saturated heterocycles. The van der Waals surface area contributed by atoms with Crippen molar-refractivity contribution in [2.75, 3.05) is 9.62 Å². The Morgan fingerprint density at radius 1 is 0.548 bits per heavy atom. The first kappa shape index (κ1) is 41.4. The third-order valence-corrected chi connectivity index (χ3v) is 15.1. The van der Waals surface area contributed by atoms with Gasteiger partial charge in [0.25, 0.3) is 0 Å². The molecular weight excluding hydrogens is 1070 g/mol. The number of aromatic nitrogens is 3. The van der Waals surface area contributed by atoms with Gasteiger partial charge >= 0.3 is 361 Å². The monoisotopic (exact) mass is 1120 g/mol. The summed E-state index contributed by atoms with van der Waals surface area (Å²) in [6, 6.07) is 81.8. The molecule has 2 aliphatic rings. The van der Waals surface area contributed by atoms with E-state index in [0.29, 0.717) is 22.7 Å². The minimum atomic E-state index is -2.41. The van der Waals surface area contributed by atoms with Gasteiger partial charge in [0.05, 0.1) is 0 Å². The molecule has 0 aliphatic carbocycles. The fourth-order valence-electron chi connectivity index (χ4n) is 10.7. The molecule has 4 heterocycles. The van der Waals surface area contributed by atoms with Crippen molar-refractivity contribution in [1.82, 2.24) is 14.1 Å². The number of ether oxygens (including phenoxy) is 1. The van der Waals surface area contributed by atoms with Gasteiger partial charge in [0.1, 0.15) is 0 Å². The molecule has 6 nitrogen and oxygen atoms in total. The SMILES string of the molecule is [2H]C([2H])([2H])c1ccccc1-c1ccc(N2B3c4ccccc4-c4ccccc4N3c3ccc[c-]c32)nc1Oc1[c-]c(-n2[c](=[Pt])n(-c3c(-c4ccccc4)cccc3-c3ccc(C(C)(C)C)cc3)c3ccccc32)ccc1. The fourth-order valence-corrected chi connectivity index (χ4v) is 11.8. The molecule has 0 unspecified atom stereocenters. The molecule has 0 radical (unpaired) electrons. The van der Waals surface area contributed by atoms with Gasteiger partial charge in [0.2, 0.25) is 0 Å². The van der Waals surface area contributed by atoms with E-state index >= 15 is 0 Å². The summed E-state index contributed by atoms with van der Waals surface area (Å²) in [5.74, 6) is 1.26. The summed E-state index contributed by atoms with van der Waals surface area (Å²) >= 11 is 2.45. The molecule has 0 N–H and O–H groups in total. The van der Waals surface area contributed by atoms with Gasteiger partial charge in [-0.3, -0.25) is 0 Å². The number of aryl methyl sites for hydroxylation is 1. The quantitative estimate of drug-likeness (QED) is 0.112. The molecule has 0 amide bonds. The van der Waals surface area contributed by atoms with Gasteiger partial charge in [-0.15, -0.1) is 6.07 Å². The number of pyridine rings is 1. The summed E-state index contributed by atoms with van der Waals surface area (Å²) in [4.78, 5) is 9.99. The standard InChI is InChI=1S/C65H48BN5O.Pt/c1-44-20-8-9-25-50(44)55-40-41-62(71-61-35-17-16-34-60(61)70-57-31-13-11-27-54(57)53-26-10-12-30-56(53)66(70)71)67-64(55)72-49-24-18-23-48(42-49)68-43-69(59-33-15-14-32-58(59)68)63-51(45-21-6-5-7-22-45)28-19-29-52(63)46-36-38-47(39-37-46)65(2,3)4;/h5-34,36-41H,1-4H3;/q-2;/i1D3;. The minimum absolute atomic E-state index is 0.0124. The molecule has 0 saturated carbocycles. The van der Waals surface area contributed by atoms with Crippen LogP contribution in [0.3, 0.4) is 0 Å². The van der Waals surface area contributed by atoms with Gasteiger partial charge < -0.3 is 0 Å². The maximum atomic E-state index is 8.62. The summed E-state index contributed by atoms with van der Waals surface area (Å²) in [5, 5.41) is 0. The summed E-state index contributed by atoms with van der Waals surface area (Å²) in [7, 11) is 0. The molecule has 73 heavy (non-hydrogen) atoms. The number of imidazole rings is 1. The van der Waals surface area contributed by atoms with Crippen molar-refractivity contribution in [3.63, 3.8) is 0 Å². The Morgan fingerprint density at radius 3 is 1.97 bits per heavy atom. The van der Waals surface area contributed by atoms with E-state index in [4.69, 9.17) is 13.8 Å². The topological polar surface area (TPSA) is 38.5 Å². The molecule has 354 valence electrons. The first-order chi connectivity index (χ1) is 36.9. The summed E-state index contributed by atoms with van der Waals surface area (Å²) in [5.41, 5.74) is 17.1. The summed E-state index contributed by atoms with van der Waals surface area (Å²) < 4.78 is 38.4. The van der Waals surface area contributed by atoms with Crippen molar-refractivity contribution in [2.24, 2.45) is 0 Å². The normalized spacial score (nSPS) is 13.4. The van der Waals surface area contributed by atoms with Crippen molar-refractivity contribution in [2.45, 2.75) is 33.0 Å². The Balaban J connectivity index is 0.973. The molecule has 2 aliphatic heterocycles. The Labute approximate surface area is 441 Å². The zero-order chi connectivity index (χ0) is 51.9. The molecule has 11 aromatic rings. The number of anilines is 4. The molecular formula is C65H48BN5OPt-2. The van der Waals surface area contributed by atoms with E-state index in [0.717, 1.165) is 82.1 Å². The van der Waals surface area contributed by atoms with Crippen LogP contribution in [-0.2, 0) is 24.8 Å². The Bertz CT molecular complexity index is 4130. The van der Waals surface area contributed by atoms with Crippen molar-refractivity contribution < 1.29 is 28.2 Å². The van der Waals surface area contributed by atoms with Gasteiger partial charge in [0, 0.05) is 11.3 Å². The van der Waals surface area contributed by atoms with E-state index < -0.39 is 6.85 Å². The number of hydrogen-bond acceptors (Lipinski definition) is 4. The number of hydrogen-bond donors (Lipinski definition) is 0. The predicted octanol–water partition coefficient (Wildman–Crippen LogP) is 15.6. The van der Waals surface area contributed by atoms with E-state index in [1.165, 1.54) is 5.56 Å². The van der Waals surface area contributed by atoms with E-state index in [1.807, 2.05) is 54.6 Å². The maximum absolute atomic E-state index is 8.62. The summed E-state index contributed by atoms with van der Waals surface area (Å²) in [6.07, 6.45) is 0. The van der Waals surface area contributed by atoms with Crippen LogP contribution in [0, 0.1) is 22.8 Å². The van der Waals surface area contributed by atoms with E-state index in [2.05, 4.69) is 223 Å². The van der Waals surface area contributed by atoms with Crippen LogP contribution < -0.4 is 19.8 Å². The van der Waals surface area contributed by atoms with Crippen LogP contribution >= 0.6 is 0 Å². The Kier molecular flexibility index (Phi) is 10.1. The number of fused-ring (bicyclic) bond motifs is 9. The first-order valence-electron chi connectivity index (χ1n) is 26.0. The van der Waals surface area contributed by atoms with Gasteiger partial charge in [-0.1, -0.05) is 42.5 Å². The number of para-hydroxylation sites is 5. The third kappa shape index (κ3) is 7.52. The van der Waals surface area contributed by atoms with Gasteiger partial charge in [0.15, 0.2) is 0 Å². The predicted molar refractivity (Wildman–Crippen MR) is 296 cm³/mol. The molecule has 0 atom stereocenters. The van der Waals surface area contributed by atoms with Crippen LogP contribution in [0.2, 0.25) is 0 Å². The van der Waals surface area contributed by atoms with Crippen molar-refractivity contribution in [3.05, 3.63) is 245 Å². The van der Waals surface area contributed by atoms with E-state index in [1.54, 1.807) is 12.1 Å². The average molecular weight is 1120 g/mol. The zero-order valence-electron chi connectivity index (χ0n) is 43.3. The van der Waals surface area contributed by atoms with Crippen LogP contribution in [0.1, 0.15) is 36.0 Å². The van der Waals surface area contributed by atoms with Gasteiger partial charge in [-0.25, -0.2) is 0 Å². The molecule has 0 fully saturated rings. The van der Waals surface area contributed by atoms with Crippen LogP contribution in [0.5, 0.6) is 11.6 Å². The first-order valence-corrected chi connectivity index (χ1v) is 25.6. The molecule has 2 aromatic heterocycles. The van der Waals surface area contributed by atoms with Crippen LogP contribution in [0.15, 0.2) is 218 Å². The van der Waals surface area contributed by atoms with Crippen molar-refractivity contribution in [1.29, 1.82) is 0 Å². The van der Waals surface area contributed by atoms with Crippen LogP contribution in [0.4, 0.5) is 22.9 Å². The number of nitrogens with zero attached hydrogens (tertiary/aromatic N) is 5. The second kappa shape index (κ2) is 17.8. The van der Waals surface area contributed by atoms with Crippen LogP contribution in [-0.4, -0.2) is 21.1 Å². The molecule has 13 rings (SSSR count).